The van der Waals surface area contributed by atoms with Gasteiger partial charge in [-0.05, 0) is 18.8 Å². The largest absolute Gasteiger partial charge is 0.345 e. The Bertz CT molecular complexity index is 200. The van der Waals surface area contributed by atoms with Gasteiger partial charge in [-0.15, -0.1) is 0 Å². The van der Waals surface area contributed by atoms with E-state index < -0.39 is 0 Å². The maximum atomic E-state index is 11.9. The van der Waals surface area contributed by atoms with Crippen LogP contribution in [0.4, 0.5) is 0 Å². The van der Waals surface area contributed by atoms with Gasteiger partial charge in [-0.1, -0.05) is 42.1 Å². The Kier molecular flexibility index (Phi) is 5.65. The Morgan fingerprint density at radius 1 is 1.40 bits per heavy atom. The van der Waals surface area contributed by atoms with Crippen LogP contribution < -0.4 is 0 Å². The topological polar surface area (TPSA) is 20.3 Å². The lowest BCUT2D eigenvalue weighted by Gasteiger charge is -2.24. The molecule has 0 heterocycles. The van der Waals surface area contributed by atoms with Crippen LogP contribution in [-0.2, 0) is 4.79 Å². The van der Waals surface area contributed by atoms with Gasteiger partial charge in [-0.25, -0.2) is 0 Å². The molecule has 0 bridgehead atoms. The molecular formula is C12H22BrNO. The summed E-state index contributed by atoms with van der Waals surface area (Å²) in [7, 11) is 1.91. The van der Waals surface area contributed by atoms with Crippen molar-refractivity contribution in [2.24, 2.45) is 5.92 Å². The number of rotatable bonds is 4. The molecule has 1 atom stereocenters. The minimum atomic E-state index is 0.313. The third-order valence-corrected chi connectivity index (χ3v) is 3.43. The zero-order valence-electron chi connectivity index (χ0n) is 9.84. The highest BCUT2D eigenvalue weighted by Gasteiger charge is 2.19. The third-order valence-electron chi connectivity index (χ3n) is 3.14. The molecule has 1 unspecified atom stereocenters. The molecule has 0 radical (unpaired) electrons. The van der Waals surface area contributed by atoms with Gasteiger partial charge in [0.25, 0.3) is 0 Å². The fraction of sp³-hybridized carbons (Fsp3) is 0.917. The normalized spacial score (nSPS) is 19.9. The van der Waals surface area contributed by atoms with Crippen molar-refractivity contribution in [3.8, 4) is 0 Å². The van der Waals surface area contributed by atoms with Crippen molar-refractivity contribution >= 4 is 21.8 Å². The fourth-order valence-corrected chi connectivity index (χ4v) is 2.71. The van der Waals surface area contributed by atoms with Gasteiger partial charge in [0.1, 0.15) is 0 Å². The summed E-state index contributed by atoms with van der Waals surface area (Å²) in [5.74, 6) is 0.965. The van der Waals surface area contributed by atoms with Gasteiger partial charge < -0.3 is 4.90 Å². The summed E-state index contributed by atoms with van der Waals surface area (Å²) in [6.07, 6.45) is 7.26. The number of hydrogen-bond donors (Lipinski definition) is 0. The van der Waals surface area contributed by atoms with Crippen molar-refractivity contribution in [1.29, 1.82) is 0 Å². The van der Waals surface area contributed by atoms with E-state index in [-0.39, 0.29) is 0 Å². The zero-order valence-corrected chi connectivity index (χ0v) is 11.4. The summed E-state index contributed by atoms with van der Waals surface area (Å²) in [4.78, 5) is 14.1. The van der Waals surface area contributed by atoms with Crippen molar-refractivity contribution in [1.82, 2.24) is 4.90 Å². The Morgan fingerprint density at radius 3 is 2.53 bits per heavy atom. The lowest BCUT2D eigenvalue weighted by Crippen LogP contribution is -2.32. The molecule has 0 aromatic heterocycles. The molecule has 1 aliphatic carbocycles. The predicted molar refractivity (Wildman–Crippen MR) is 67.2 cm³/mol. The van der Waals surface area contributed by atoms with Crippen LogP contribution in [0.15, 0.2) is 0 Å². The second kappa shape index (κ2) is 6.51. The third kappa shape index (κ3) is 5.01. The lowest BCUT2D eigenvalue weighted by atomic mass is 9.87. The van der Waals surface area contributed by atoms with Crippen molar-refractivity contribution in [3.05, 3.63) is 0 Å². The number of carbonyl (C=O) groups excluding carboxylic acids is 1. The average molecular weight is 276 g/mol. The standard InChI is InChI=1S/C12H22BrNO/c1-10(13)9-14(2)12(15)8-11-6-4-3-5-7-11/h10-11H,3-9H2,1-2H3. The van der Waals surface area contributed by atoms with Crippen LogP contribution in [0.25, 0.3) is 0 Å². The van der Waals surface area contributed by atoms with Gasteiger partial charge in [0, 0.05) is 24.8 Å². The number of alkyl halides is 1. The van der Waals surface area contributed by atoms with Crippen LogP contribution >= 0.6 is 15.9 Å². The van der Waals surface area contributed by atoms with Gasteiger partial charge in [-0.2, -0.15) is 0 Å². The summed E-state index contributed by atoms with van der Waals surface area (Å²) < 4.78 is 0. The minimum Gasteiger partial charge on any atom is -0.345 e. The van der Waals surface area contributed by atoms with E-state index in [0.717, 1.165) is 13.0 Å². The number of hydrogen-bond acceptors (Lipinski definition) is 1. The zero-order chi connectivity index (χ0) is 11.3. The Labute approximate surface area is 102 Å². The first kappa shape index (κ1) is 13.0. The van der Waals surface area contributed by atoms with E-state index in [1.165, 1.54) is 32.1 Å². The smallest absolute Gasteiger partial charge is 0.222 e. The molecule has 3 heteroatoms. The first-order chi connectivity index (χ1) is 7.09. The highest BCUT2D eigenvalue weighted by molar-refractivity contribution is 9.09. The van der Waals surface area contributed by atoms with Crippen molar-refractivity contribution in [2.75, 3.05) is 13.6 Å². The van der Waals surface area contributed by atoms with Crippen LogP contribution in [0.5, 0.6) is 0 Å². The van der Waals surface area contributed by atoms with E-state index in [0.29, 0.717) is 16.7 Å². The van der Waals surface area contributed by atoms with Crippen molar-refractivity contribution in [2.45, 2.75) is 50.3 Å². The summed E-state index contributed by atoms with van der Waals surface area (Å²) in [6.45, 7) is 2.88. The van der Waals surface area contributed by atoms with Crippen LogP contribution in [0.3, 0.4) is 0 Å². The molecule has 1 fully saturated rings. The summed E-state index contributed by atoms with van der Waals surface area (Å²) in [5, 5.41) is 0. The Hall–Kier alpha value is -0.0500. The molecular weight excluding hydrogens is 254 g/mol. The molecule has 88 valence electrons. The molecule has 15 heavy (non-hydrogen) atoms. The number of halogens is 1. The lowest BCUT2D eigenvalue weighted by molar-refractivity contribution is -0.131. The summed E-state index contributed by atoms with van der Waals surface area (Å²) in [5.41, 5.74) is 0. The molecule has 0 N–H and O–H groups in total. The molecule has 1 saturated carbocycles. The predicted octanol–water partition coefficient (Wildman–Crippen LogP) is 3.20. The van der Waals surface area contributed by atoms with E-state index in [4.69, 9.17) is 0 Å². The highest BCUT2D eigenvalue weighted by Crippen LogP contribution is 2.26. The second-order valence-corrected chi connectivity index (χ2v) is 6.33. The van der Waals surface area contributed by atoms with E-state index in [2.05, 4.69) is 22.9 Å². The van der Waals surface area contributed by atoms with E-state index in [1.807, 2.05) is 11.9 Å². The minimum absolute atomic E-state index is 0.313. The van der Waals surface area contributed by atoms with E-state index >= 15 is 0 Å². The average Bonchev–Trinajstić information content (AvgIpc) is 2.18. The number of nitrogens with zero attached hydrogens (tertiary/aromatic N) is 1. The van der Waals surface area contributed by atoms with E-state index in [1.54, 1.807) is 0 Å². The monoisotopic (exact) mass is 275 g/mol. The van der Waals surface area contributed by atoms with Gasteiger partial charge in [0.2, 0.25) is 5.91 Å². The highest BCUT2D eigenvalue weighted by atomic mass is 79.9. The molecule has 1 aliphatic rings. The molecule has 0 aliphatic heterocycles. The molecule has 0 aromatic rings. The van der Waals surface area contributed by atoms with Crippen LogP contribution in [0.1, 0.15) is 45.4 Å². The Balaban J connectivity index is 2.27. The van der Waals surface area contributed by atoms with Crippen molar-refractivity contribution < 1.29 is 4.79 Å². The van der Waals surface area contributed by atoms with E-state index in [9.17, 15) is 4.79 Å². The summed E-state index contributed by atoms with van der Waals surface area (Å²) >= 11 is 3.47. The molecule has 0 aromatic carbocycles. The molecule has 0 spiro atoms. The molecule has 1 amide bonds. The van der Waals surface area contributed by atoms with Gasteiger partial charge in [0.15, 0.2) is 0 Å². The van der Waals surface area contributed by atoms with Gasteiger partial charge in [0.05, 0.1) is 0 Å². The van der Waals surface area contributed by atoms with Crippen LogP contribution in [0.2, 0.25) is 0 Å². The van der Waals surface area contributed by atoms with Gasteiger partial charge >= 0.3 is 0 Å². The maximum Gasteiger partial charge on any atom is 0.222 e. The molecule has 0 saturated heterocycles. The molecule has 2 nitrogen and oxygen atoms in total. The molecule has 1 rings (SSSR count). The second-order valence-electron chi connectivity index (χ2n) is 4.76. The number of amides is 1. The first-order valence-corrected chi connectivity index (χ1v) is 6.89. The van der Waals surface area contributed by atoms with Crippen LogP contribution in [0, 0.1) is 5.92 Å². The fourth-order valence-electron chi connectivity index (χ4n) is 2.27. The Morgan fingerprint density at radius 2 is 2.00 bits per heavy atom. The van der Waals surface area contributed by atoms with Crippen LogP contribution in [-0.4, -0.2) is 29.2 Å². The quantitative estimate of drug-likeness (QED) is 0.722. The SMILES string of the molecule is CC(Br)CN(C)C(=O)CC1CCCCC1. The summed E-state index contributed by atoms with van der Waals surface area (Å²) in [6, 6.07) is 0. The number of carbonyl (C=O) groups is 1. The first-order valence-electron chi connectivity index (χ1n) is 5.97. The van der Waals surface area contributed by atoms with Gasteiger partial charge in [-0.3, -0.25) is 4.79 Å². The maximum absolute atomic E-state index is 11.9. The van der Waals surface area contributed by atoms with Crippen molar-refractivity contribution in [3.63, 3.8) is 0 Å².